The number of aromatic nitrogens is 2. The van der Waals surface area contributed by atoms with Crippen molar-refractivity contribution in [1.82, 2.24) is 19.2 Å². The van der Waals surface area contributed by atoms with E-state index in [0.29, 0.717) is 43.2 Å². The van der Waals surface area contributed by atoms with Crippen molar-refractivity contribution in [3.05, 3.63) is 47.1 Å². The lowest BCUT2D eigenvalue weighted by molar-refractivity contribution is -0.132. The highest BCUT2D eigenvalue weighted by molar-refractivity contribution is 7.91. The second kappa shape index (κ2) is 7.65. The van der Waals surface area contributed by atoms with E-state index in [9.17, 15) is 13.2 Å². The van der Waals surface area contributed by atoms with Crippen molar-refractivity contribution in [2.24, 2.45) is 0 Å². The first-order valence-corrected chi connectivity index (χ1v) is 11.5. The van der Waals surface area contributed by atoms with Crippen LogP contribution in [-0.4, -0.2) is 59.7 Å². The number of para-hydroxylation sites is 2. The summed E-state index contributed by atoms with van der Waals surface area (Å²) in [6.45, 7) is 3.39. The number of rotatable bonds is 5. The van der Waals surface area contributed by atoms with Crippen LogP contribution in [0.1, 0.15) is 17.1 Å². The van der Waals surface area contributed by atoms with E-state index in [0.717, 1.165) is 21.7 Å². The Morgan fingerprint density at radius 2 is 1.89 bits per heavy atom. The Balaban J connectivity index is 1.32. The van der Waals surface area contributed by atoms with Crippen molar-refractivity contribution in [2.45, 2.75) is 24.0 Å². The summed E-state index contributed by atoms with van der Waals surface area (Å²) in [5.41, 5.74) is 1.86. The molecule has 0 radical (unpaired) electrons. The number of carbonyl (C=O) groups excluding carboxylic acids is 1. The van der Waals surface area contributed by atoms with Crippen LogP contribution in [0.5, 0.6) is 0 Å². The van der Waals surface area contributed by atoms with Crippen molar-refractivity contribution in [3.8, 4) is 0 Å². The molecule has 1 amide bonds. The number of H-pyrrole nitrogens is 1. The van der Waals surface area contributed by atoms with Crippen LogP contribution in [0.2, 0.25) is 0 Å². The van der Waals surface area contributed by atoms with Gasteiger partial charge in [0, 0.05) is 43.9 Å². The number of piperazine rings is 1. The SMILES string of the molecule is Cc1ccc(S(=O)(=O)N2CCN(C(=O)CCc3nc4ccccc4[nH]3)CC2)s1. The van der Waals surface area contributed by atoms with Crippen molar-refractivity contribution in [3.63, 3.8) is 0 Å². The number of fused-ring (bicyclic) bond motifs is 1. The van der Waals surface area contributed by atoms with Gasteiger partial charge in [0.15, 0.2) is 0 Å². The van der Waals surface area contributed by atoms with Crippen LogP contribution in [0.15, 0.2) is 40.6 Å². The number of amides is 1. The fourth-order valence-corrected chi connectivity index (χ4v) is 6.22. The summed E-state index contributed by atoms with van der Waals surface area (Å²) < 4.78 is 27.2. The van der Waals surface area contributed by atoms with Crippen LogP contribution in [0.25, 0.3) is 11.0 Å². The van der Waals surface area contributed by atoms with Crippen LogP contribution in [0, 0.1) is 6.92 Å². The fourth-order valence-electron chi connectivity index (χ4n) is 3.36. The summed E-state index contributed by atoms with van der Waals surface area (Å²) in [6.07, 6.45) is 0.900. The van der Waals surface area contributed by atoms with Gasteiger partial charge in [-0.3, -0.25) is 4.79 Å². The van der Waals surface area contributed by atoms with Gasteiger partial charge in [0.25, 0.3) is 10.0 Å². The maximum Gasteiger partial charge on any atom is 0.252 e. The van der Waals surface area contributed by atoms with Crippen LogP contribution < -0.4 is 0 Å². The number of nitrogens with zero attached hydrogens (tertiary/aromatic N) is 3. The van der Waals surface area contributed by atoms with Gasteiger partial charge in [0.1, 0.15) is 10.0 Å². The molecule has 9 heteroatoms. The molecule has 2 aromatic heterocycles. The van der Waals surface area contributed by atoms with Gasteiger partial charge in [-0.25, -0.2) is 13.4 Å². The van der Waals surface area contributed by atoms with E-state index in [1.165, 1.54) is 15.6 Å². The molecule has 3 aromatic rings. The number of sulfonamides is 1. The summed E-state index contributed by atoms with van der Waals surface area (Å²) in [5.74, 6) is 0.827. The molecule has 148 valence electrons. The number of thiophene rings is 1. The second-order valence-corrected chi connectivity index (χ2v) is 10.3. The zero-order valence-electron chi connectivity index (χ0n) is 15.6. The summed E-state index contributed by atoms with van der Waals surface area (Å²) in [6, 6.07) is 11.2. The predicted molar refractivity (Wildman–Crippen MR) is 109 cm³/mol. The Labute approximate surface area is 168 Å². The zero-order chi connectivity index (χ0) is 19.7. The molecule has 1 aliphatic rings. The van der Waals surface area contributed by atoms with Gasteiger partial charge < -0.3 is 9.88 Å². The molecule has 4 rings (SSSR count). The van der Waals surface area contributed by atoms with Gasteiger partial charge in [-0.05, 0) is 31.2 Å². The summed E-state index contributed by atoms with van der Waals surface area (Å²) in [4.78, 5) is 23.0. The van der Waals surface area contributed by atoms with Crippen molar-refractivity contribution < 1.29 is 13.2 Å². The average Bonchev–Trinajstić information content (AvgIpc) is 3.32. The summed E-state index contributed by atoms with van der Waals surface area (Å²) in [7, 11) is -3.46. The Morgan fingerprint density at radius 1 is 1.14 bits per heavy atom. The first-order valence-electron chi connectivity index (χ1n) is 9.21. The van der Waals surface area contributed by atoms with Gasteiger partial charge in [-0.15, -0.1) is 11.3 Å². The third-order valence-electron chi connectivity index (χ3n) is 4.92. The minimum Gasteiger partial charge on any atom is -0.342 e. The van der Waals surface area contributed by atoms with E-state index >= 15 is 0 Å². The minimum atomic E-state index is -3.46. The number of carbonyl (C=O) groups is 1. The molecule has 1 aliphatic heterocycles. The van der Waals surface area contributed by atoms with Gasteiger partial charge in [0.05, 0.1) is 11.0 Å². The van der Waals surface area contributed by atoms with E-state index in [1.807, 2.05) is 37.3 Å². The third kappa shape index (κ3) is 3.82. The first kappa shape index (κ1) is 19.1. The monoisotopic (exact) mass is 418 g/mol. The molecular weight excluding hydrogens is 396 g/mol. The van der Waals surface area contributed by atoms with Crippen LogP contribution >= 0.6 is 11.3 Å². The average molecular weight is 419 g/mol. The number of nitrogens with one attached hydrogen (secondary N) is 1. The van der Waals surface area contributed by atoms with Crippen LogP contribution in [-0.2, 0) is 21.2 Å². The Kier molecular flexibility index (Phi) is 5.22. The molecule has 0 bridgehead atoms. The third-order valence-corrected chi connectivity index (χ3v) is 8.28. The second-order valence-electron chi connectivity index (χ2n) is 6.85. The van der Waals surface area contributed by atoms with Crippen LogP contribution in [0.3, 0.4) is 0 Å². The molecule has 3 heterocycles. The molecule has 1 saturated heterocycles. The number of aromatic amines is 1. The Hall–Kier alpha value is -2.23. The highest BCUT2D eigenvalue weighted by atomic mass is 32.2. The smallest absolute Gasteiger partial charge is 0.252 e. The molecule has 7 nitrogen and oxygen atoms in total. The number of hydrogen-bond donors (Lipinski definition) is 1. The number of aryl methyl sites for hydroxylation is 2. The maximum atomic E-state index is 12.7. The number of imidazole rings is 1. The summed E-state index contributed by atoms with van der Waals surface area (Å²) in [5, 5.41) is 0. The van der Waals surface area contributed by atoms with Crippen molar-refractivity contribution in [2.75, 3.05) is 26.2 Å². The molecule has 1 aromatic carbocycles. The number of benzene rings is 1. The summed E-state index contributed by atoms with van der Waals surface area (Å²) >= 11 is 1.28. The lowest BCUT2D eigenvalue weighted by Crippen LogP contribution is -2.50. The van der Waals surface area contributed by atoms with Crippen molar-refractivity contribution in [1.29, 1.82) is 0 Å². The van der Waals surface area contributed by atoms with Gasteiger partial charge >= 0.3 is 0 Å². The highest BCUT2D eigenvalue weighted by Crippen LogP contribution is 2.25. The van der Waals surface area contributed by atoms with E-state index < -0.39 is 10.0 Å². The molecule has 1 N–H and O–H groups in total. The van der Waals surface area contributed by atoms with Gasteiger partial charge in [-0.2, -0.15) is 4.31 Å². The lowest BCUT2D eigenvalue weighted by atomic mass is 10.2. The normalized spacial score (nSPS) is 16.0. The zero-order valence-corrected chi connectivity index (χ0v) is 17.2. The predicted octanol–water partition coefficient (Wildman–Crippen LogP) is 2.40. The lowest BCUT2D eigenvalue weighted by Gasteiger charge is -2.33. The van der Waals surface area contributed by atoms with Gasteiger partial charge in [-0.1, -0.05) is 12.1 Å². The highest BCUT2D eigenvalue weighted by Gasteiger charge is 2.30. The minimum absolute atomic E-state index is 0.0319. The topological polar surface area (TPSA) is 86.4 Å². The first-order chi connectivity index (χ1) is 13.4. The maximum absolute atomic E-state index is 12.7. The standard InChI is InChI=1S/C19H22N4O3S2/c1-14-6-9-19(27-14)28(25,26)23-12-10-22(11-13-23)18(24)8-7-17-20-15-4-2-3-5-16(15)21-17/h2-6,9H,7-8,10-13H2,1H3,(H,20,21). The van der Waals surface area contributed by atoms with E-state index in [2.05, 4.69) is 9.97 Å². The van der Waals surface area contributed by atoms with E-state index in [-0.39, 0.29) is 5.91 Å². The molecule has 28 heavy (non-hydrogen) atoms. The van der Waals surface area contributed by atoms with E-state index in [1.54, 1.807) is 11.0 Å². The van der Waals surface area contributed by atoms with E-state index in [4.69, 9.17) is 0 Å². The molecular formula is C19H22N4O3S2. The van der Waals surface area contributed by atoms with Crippen molar-refractivity contribution >= 4 is 38.3 Å². The molecule has 0 unspecified atom stereocenters. The molecule has 1 fully saturated rings. The largest absolute Gasteiger partial charge is 0.342 e. The quantitative estimate of drug-likeness (QED) is 0.689. The number of hydrogen-bond acceptors (Lipinski definition) is 5. The Bertz CT molecular complexity index is 1060. The Morgan fingerprint density at radius 3 is 2.57 bits per heavy atom. The molecule has 0 saturated carbocycles. The molecule has 0 atom stereocenters. The molecule has 0 spiro atoms. The van der Waals surface area contributed by atoms with Gasteiger partial charge in [0.2, 0.25) is 5.91 Å². The van der Waals surface area contributed by atoms with Crippen LogP contribution in [0.4, 0.5) is 0 Å². The molecule has 0 aliphatic carbocycles. The fraction of sp³-hybridized carbons (Fsp3) is 0.368.